The molecule has 2 aromatic rings. The zero-order chi connectivity index (χ0) is 14.2. The van der Waals surface area contributed by atoms with E-state index >= 15 is 0 Å². The Morgan fingerprint density at radius 2 is 1.90 bits per heavy atom. The van der Waals surface area contributed by atoms with Crippen molar-refractivity contribution >= 4 is 29.4 Å². The van der Waals surface area contributed by atoms with Crippen LogP contribution in [0.4, 0.5) is 0 Å². The summed E-state index contributed by atoms with van der Waals surface area (Å²) in [7, 11) is 0. The van der Waals surface area contributed by atoms with Gasteiger partial charge in [0.1, 0.15) is 0 Å². The third-order valence-electron chi connectivity index (χ3n) is 2.40. The molecule has 0 fully saturated rings. The van der Waals surface area contributed by atoms with E-state index < -0.39 is 11.8 Å². The van der Waals surface area contributed by atoms with E-state index in [-0.39, 0.29) is 0 Å². The number of rotatable bonds is 4. The van der Waals surface area contributed by atoms with E-state index in [1.54, 1.807) is 0 Å². The topological polar surface area (TPSA) is 70.6 Å². The largest absolute Gasteiger partial charge is 0.344 e. The van der Waals surface area contributed by atoms with E-state index in [2.05, 4.69) is 15.8 Å². The Hall–Kier alpha value is -2.47. The van der Waals surface area contributed by atoms with Crippen molar-refractivity contribution in [2.24, 2.45) is 5.10 Å². The summed E-state index contributed by atoms with van der Waals surface area (Å²) in [6.45, 7) is 0.307. The second kappa shape index (κ2) is 7.20. The molecule has 2 amide bonds. The first-order valence-corrected chi connectivity index (χ1v) is 6.82. The number of nitrogens with zero attached hydrogens (tertiary/aromatic N) is 1. The molecule has 5 nitrogen and oxygen atoms in total. The Bertz CT molecular complexity index is 594. The van der Waals surface area contributed by atoms with Gasteiger partial charge in [-0.05, 0) is 17.0 Å². The van der Waals surface area contributed by atoms with Crippen LogP contribution in [0, 0.1) is 0 Å². The third kappa shape index (κ3) is 4.33. The fraction of sp³-hybridized carbons (Fsp3) is 0.0714. The molecule has 0 radical (unpaired) electrons. The molecular formula is C14H13N3O2S. The molecule has 0 unspecified atom stereocenters. The van der Waals surface area contributed by atoms with E-state index in [0.29, 0.717) is 6.54 Å². The Kier molecular flexibility index (Phi) is 5.02. The lowest BCUT2D eigenvalue weighted by molar-refractivity contribution is -0.139. The minimum atomic E-state index is -0.784. The maximum absolute atomic E-state index is 11.5. The average Bonchev–Trinajstić information content (AvgIpc) is 2.99. The minimum Gasteiger partial charge on any atom is -0.344 e. The van der Waals surface area contributed by atoms with Crippen LogP contribution in [-0.4, -0.2) is 18.0 Å². The number of hydrogen-bond donors (Lipinski definition) is 2. The number of carbonyl (C=O) groups is 2. The van der Waals surface area contributed by atoms with Gasteiger partial charge in [-0.3, -0.25) is 9.59 Å². The lowest BCUT2D eigenvalue weighted by atomic mass is 10.2. The summed E-state index contributed by atoms with van der Waals surface area (Å²) in [6.07, 6.45) is 1.49. The van der Waals surface area contributed by atoms with Crippen LogP contribution in [0.25, 0.3) is 0 Å². The number of benzene rings is 1. The molecule has 0 saturated carbocycles. The number of hydrogen-bond acceptors (Lipinski definition) is 4. The first kappa shape index (κ1) is 14.0. The van der Waals surface area contributed by atoms with Gasteiger partial charge in [-0.25, -0.2) is 5.43 Å². The molecule has 1 aromatic heterocycles. The predicted octanol–water partition coefficient (Wildman–Crippen LogP) is 1.51. The summed E-state index contributed by atoms with van der Waals surface area (Å²) in [4.78, 5) is 23.9. The highest BCUT2D eigenvalue weighted by Crippen LogP contribution is 2.04. The van der Waals surface area contributed by atoms with Crippen molar-refractivity contribution in [2.45, 2.75) is 6.54 Å². The SMILES string of the molecule is O=C(NCc1ccccc1)C(=O)N/N=C\c1cccs1. The molecule has 0 aliphatic carbocycles. The summed E-state index contributed by atoms with van der Waals surface area (Å²) in [5, 5.41) is 8.13. The summed E-state index contributed by atoms with van der Waals surface area (Å²) < 4.78 is 0. The van der Waals surface area contributed by atoms with Crippen LogP contribution in [0.15, 0.2) is 52.9 Å². The van der Waals surface area contributed by atoms with E-state index in [1.165, 1.54) is 17.6 Å². The van der Waals surface area contributed by atoms with Crippen molar-refractivity contribution in [3.63, 3.8) is 0 Å². The molecule has 0 aliphatic rings. The molecule has 0 saturated heterocycles. The normalized spacial score (nSPS) is 10.4. The fourth-order valence-electron chi connectivity index (χ4n) is 1.43. The van der Waals surface area contributed by atoms with Crippen LogP contribution in [0.2, 0.25) is 0 Å². The molecule has 1 aromatic carbocycles. The van der Waals surface area contributed by atoms with Gasteiger partial charge in [-0.2, -0.15) is 5.10 Å². The lowest BCUT2D eigenvalue weighted by Crippen LogP contribution is -2.37. The van der Waals surface area contributed by atoms with E-state index in [4.69, 9.17) is 0 Å². The van der Waals surface area contributed by atoms with Crippen molar-refractivity contribution in [2.75, 3.05) is 0 Å². The van der Waals surface area contributed by atoms with Crippen molar-refractivity contribution < 1.29 is 9.59 Å². The third-order valence-corrected chi connectivity index (χ3v) is 3.21. The van der Waals surface area contributed by atoms with Crippen LogP contribution < -0.4 is 10.7 Å². The molecular weight excluding hydrogens is 274 g/mol. The Balaban J connectivity index is 1.76. The number of thiophene rings is 1. The van der Waals surface area contributed by atoms with E-state index in [0.717, 1.165) is 10.4 Å². The minimum absolute atomic E-state index is 0.307. The molecule has 2 rings (SSSR count). The number of carbonyl (C=O) groups excluding carboxylic acids is 2. The van der Waals surface area contributed by atoms with Crippen molar-refractivity contribution in [3.8, 4) is 0 Å². The zero-order valence-electron chi connectivity index (χ0n) is 10.6. The first-order valence-electron chi connectivity index (χ1n) is 5.94. The van der Waals surface area contributed by atoms with Crippen molar-refractivity contribution in [1.29, 1.82) is 0 Å². The van der Waals surface area contributed by atoms with Crippen molar-refractivity contribution in [3.05, 3.63) is 58.3 Å². The average molecular weight is 287 g/mol. The highest BCUT2D eigenvalue weighted by atomic mass is 32.1. The molecule has 0 aliphatic heterocycles. The smallest absolute Gasteiger partial charge is 0.329 e. The predicted molar refractivity (Wildman–Crippen MR) is 78.3 cm³/mol. The van der Waals surface area contributed by atoms with Gasteiger partial charge >= 0.3 is 11.8 Å². The van der Waals surface area contributed by atoms with Crippen LogP contribution in [0.5, 0.6) is 0 Å². The van der Waals surface area contributed by atoms with Gasteiger partial charge in [0.25, 0.3) is 0 Å². The van der Waals surface area contributed by atoms with Crippen LogP contribution in [0.3, 0.4) is 0 Å². The van der Waals surface area contributed by atoms with Gasteiger partial charge in [0.05, 0.1) is 6.21 Å². The van der Waals surface area contributed by atoms with Crippen LogP contribution >= 0.6 is 11.3 Å². The van der Waals surface area contributed by atoms with Gasteiger partial charge in [0.2, 0.25) is 0 Å². The summed E-state index contributed by atoms with van der Waals surface area (Å²) in [5.74, 6) is -1.49. The molecule has 0 atom stereocenters. The maximum atomic E-state index is 11.5. The molecule has 20 heavy (non-hydrogen) atoms. The van der Waals surface area contributed by atoms with E-state index in [1.807, 2.05) is 47.8 Å². The summed E-state index contributed by atoms with van der Waals surface area (Å²) in [5.41, 5.74) is 3.11. The molecule has 6 heteroatoms. The molecule has 1 heterocycles. The highest BCUT2D eigenvalue weighted by Gasteiger charge is 2.11. The van der Waals surface area contributed by atoms with Gasteiger partial charge in [-0.1, -0.05) is 36.4 Å². The number of hydrazone groups is 1. The molecule has 0 spiro atoms. The molecule has 102 valence electrons. The maximum Gasteiger partial charge on any atom is 0.329 e. The standard InChI is InChI=1S/C14H13N3O2S/c18-13(15-9-11-5-2-1-3-6-11)14(19)17-16-10-12-7-4-8-20-12/h1-8,10H,9H2,(H,15,18)(H,17,19)/b16-10-. The van der Waals surface area contributed by atoms with Gasteiger partial charge in [0.15, 0.2) is 0 Å². The second-order valence-electron chi connectivity index (χ2n) is 3.88. The van der Waals surface area contributed by atoms with Gasteiger partial charge in [0, 0.05) is 11.4 Å². The Morgan fingerprint density at radius 3 is 2.60 bits per heavy atom. The Morgan fingerprint density at radius 1 is 1.10 bits per heavy atom. The first-order chi connectivity index (χ1) is 9.75. The quantitative estimate of drug-likeness (QED) is 0.508. The van der Waals surface area contributed by atoms with E-state index in [9.17, 15) is 9.59 Å². The van der Waals surface area contributed by atoms with Crippen LogP contribution in [-0.2, 0) is 16.1 Å². The monoisotopic (exact) mass is 287 g/mol. The molecule has 0 bridgehead atoms. The second-order valence-corrected chi connectivity index (χ2v) is 4.86. The van der Waals surface area contributed by atoms with Crippen LogP contribution in [0.1, 0.15) is 10.4 Å². The lowest BCUT2D eigenvalue weighted by Gasteiger charge is -2.03. The van der Waals surface area contributed by atoms with Crippen molar-refractivity contribution in [1.82, 2.24) is 10.7 Å². The highest BCUT2D eigenvalue weighted by molar-refractivity contribution is 7.11. The number of amides is 2. The summed E-state index contributed by atoms with van der Waals surface area (Å²) >= 11 is 1.49. The zero-order valence-corrected chi connectivity index (χ0v) is 11.4. The fourth-order valence-corrected chi connectivity index (χ4v) is 2.01. The van der Waals surface area contributed by atoms with Gasteiger partial charge < -0.3 is 5.32 Å². The Labute approximate surface area is 120 Å². The molecule has 2 N–H and O–H groups in total. The summed E-state index contributed by atoms with van der Waals surface area (Å²) in [6, 6.07) is 13.1. The van der Waals surface area contributed by atoms with Gasteiger partial charge in [-0.15, -0.1) is 11.3 Å². The number of nitrogens with one attached hydrogen (secondary N) is 2.